The number of hydrogen-bond acceptors (Lipinski definition) is 7. The molecule has 0 aliphatic carbocycles. The molecule has 0 saturated heterocycles. The van der Waals surface area contributed by atoms with Crippen molar-refractivity contribution in [2.45, 2.75) is 54.0 Å². The van der Waals surface area contributed by atoms with Crippen LogP contribution in [-0.2, 0) is 6.54 Å². The Balaban J connectivity index is 0.000000515. The summed E-state index contributed by atoms with van der Waals surface area (Å²) in [6.07, 6.45) is 12.1. The van der Waals surface area contributed by atoms with Crippen LogP contribution in [0.5, 0.6) is 0 Å². The molecule has 4 heterocycles. The van der Waals surface area contributed by atoms with Crippen LogP contribution in [0.3, 0.4) is 0 Å². The number of nitrogens with one attached hydrogen (secondary N) is 1. The predicted molar refractivity (Wildman–Crippen MR) is 174 cm³/mol. The quantitative estimate of drug-likeness (QED) is 0.191. The van der Waals surface area contributed by atoms with Gasteiger partial charge in [0.05, 0.1) is 29.6 Å². The number of nitrogens with zero attached hydrogens (tertiary/aromatic N) is 6. The third-order valence-corrected chi connectivity index (χ3v) is 6.59. The SMILES string of the molecule is C/C=C(\C(C)=C/c1cnn(Cc2ccccc2)c1)c1cc(-c2cscn2)n2ncnc(N)c12.CCC.CCCNC. The fraction of sp³-hybridized carbons (Fsp3) is 0.312. The van der Waals surface area contributed by atoms with E-state index in [9.17, 15) is 0 Å². The highest BCUT2D eigenvalue weighted by Crippen LogP contribution is 2.35. The fourth-order valence-corrected chi connectivity index (χ4v) is 4.82. The molecule has 0 atom stereocenters. The molecule has 5 rings (SSSR count). The van der Waals surface area contributed by atoms with Gasteiger partial charge in [-0.05, 0) is 62.7 Å². The summed E-state index contributed by atoms with van der Waals surface area (Å²) in [6.45, 7) is 12.4. The average Bonchev–Trinajstić information content (AvgIpc) is 3.73. The molecule has 41 heavy (non-hydrogen) atoms. The molecule has 0 spiro atoms. The van der Waals surface area contributed by atoms with Crippen LogP contribution in [0.4, 0.5) is 5.82 Å². The smallest absolute Gasteiger partial charge is 0.152 e. The van der Waals surface area contributed by atoms with Crippen LogP contribution in [0.25, 0.3) is 28.6 Å². The summed E-state index contributed by atoms with van der Waals surface area (Å²) >= 11 is 1.55. The lowest BCUT2D eigenvalue weighted by molar-refractivity contribution is 0.687. The molecule has 0 aliphatic heterocycles. The van der Waals surface area contributed by atoms with Crippen LogP contribution in [0, 0.1) is 0 Å². The molecule has 4 aromatic heterocycles. The van der Waals surface area contributed by atoms with Gasteiger partial charge in [0.25, 0.3) is 0 Å². The number of fused-ring (bicyclic) bond motifs is 1. The zero-order chi connectivity index (χ0) is 29.6. The van der Waals surface area contributed by atoms with E-state index in [1.54, 1.807) is 11.3 Å². The van der Waals surface area contributed by atoms with E-state index in [1.165, 1.54) is 24.7 Å². The number of nitrogen functional groups attached to an aromatic ring is 1. The van der Waals surface area contributed by atoms with E-state index in [2.05, 4.69) is 89.7 Å². The number of thiazole rings is 1. The second kappa shape index (κ2) is 16.2. The van der Waals surface area contributed by atoms with Crippen molar-refractivity contribution in [2.24, 2.45) is 0 Å². The first kappa shape index (κ1) is 31.4. The largest absolute Gasteiger partial charge is 0.382 e. The molecule has 3 N–H and O–H groups in total. The van der Waals surface area contributed by atoms with Gasteiger partial charge in [-0.25, -0.2) is 14.5 Å². The zero-order valence-electron chi connectivity index (χ0n) is 25.0. The number of aromatic nitrogens is 6. The summed E-state index contributed by atoms with van der Waals surface area (Å²) in [6, 6.07) is 12.4. The summed E-state index contributed by atoms with van der Waals surface area (Å²) in [4.78, 5) is 8.70. The van der Waals surface area contributed by atoms with Crippen LogP contribution in [0.15, 0.2) is 77.7 Å². The van der Waals surface area contributed by atoms with Gasteiger partial charge < -0.3 is 11.1 Å². The maximum atomic E-state index is 6.30. The van der Waals surface area contributed by atoms with Gasteiger partial charge in [-0.2, -0.15) is 10.2 Å². The Kier molecular flexibility index (Phi) is 12.5. The zero-order valence-corrected chi connectivity index (χ0v) is 25.8. The lowest BCUT2D eigenvalue weighted by Gasteiger charge is -2.08. The van der Waals surface area contributed by atoms with E-state index in [0.717, 1.165) is 52.3 Å². The summed E-state index contributed by atoms with van der Waals surface area (Å²) in [5, 5.41) is 14.0. The van der Waals surface area contributed by atoms with E-state index in [4.69, 9.17) is 5.73 Å². The van der Waals surface area contributed by atoms with Crippen molar-refractivity contribution in [3.8, 4) is 11.4 Å². The second-order valence-electron chi connectivity index (χ2n) is 9.52. The van der Waals surface area contributed by atoms with Crippen LogP contribution in [-0.4, -0.2) is 43.0 Å². The normalized spacial score (nSPS) is 11.6. The number of hydrogen-bond donors (Lipinski definition) is 2. The van der Waals surface area contributed by atoms with Crippen molar-refractivity contribution in [3.05, 3.63) is 94.3 Å². The van der Waals surface area contributed by atoms with E-state index in [0.29, 0.717) is 5.82 Å². The molecule has 0 fully saturated rings. The molecule has 0 aliphatic rings. The first-order chi connectivity index (χ1) is 20.0. The molecule has 8 nitrogen and oxygen atoms in total. The third kappa shape index (κ3) is 8.45. The number of anilines is 1. The van der Waals surface area contributed by atoms with Gasteiger partial charge in [0.1, 0.15) is 11.8 Å². The van der Waals surface area contributed by atoms with Crippen LogP contribution >= 0.6 is 11.3 Å². The Morgan fingerprint density at radius 2 is 1.85 bits per heavy atom. The minimum absolute atomic E-state index is 0.435. The minimum atomic E-state index is 0.435. The minimum Gasteiger partial charge on any atom is -0.382 e. The van der Waals surface area contributed by atoms with Crippen LogP contribution in [0.2, 0.25) is 0 Å². The molecular formula is C32H42N8S. The lowest BCUT2D eigenvalue weighted by Crippen LogP contribution is -2.04. The van der Waals surface area contributed by atoms with E-state index in [1.807, 2.05) is 58.5 Å². The first-order valence-corrected chi connectivity index (χ1v) is 15.0. The van der Waals surface area contributed by atoms with Crippen molar-refractivity contribution in [2.75, 3.05) is 19.3 Å². The van der Waals surface area contributed by atoms with Gasteiger partial charge in [-0.1, -0.05) is 63.6 Å². The number of benzene rings is 1. The highest BCUT2D eigenvalue weighted by atomic mass is 32.1. The standard InChI is InChI=1S/C25H23N7S.C4H11N.C3H8/c1-3-20(17(2)9-19-11-29-31(13-19)12-18-7-5-4-6-8-18)21-10-23(22-14-33-16-28-22)32-24(21)25(26)27-15-30-32;1-3-4-5-2;1-3-2/h3-11,13-16H,12H2,1-2H3,(H2,26,27,30);5H,3-4H2,1-2H3;3H2,1-2H3/b17-9-,20-3+;;. The van der Waals surface area contributed by atoms with Crippen molar-refractivity contribution in [1.82, 2.24) is 34.7 Å². The third-order valence-electron chi connectivity index (χ3n) is 6.00. The van der Waals surface area contributed by atoms with Gasteiger partial charge in [-0.3, -0.25) is 4.68 Å². The maximum Gasteiger partial charge on any atom is 0.152 e. The average molecular weight is 571 g/mol. The van der Waals surface area contributed by atoms with Crippen LogP contribution in [0.1, 0.15) is 64.2 Å². The molecule has 0 unspecified atom stereocenters. The predicted octanol–water partition coefficient (Wildman–Crippen LogP) is 7.22. The van der Waals surface area contributed by atoms with E-state index >= 15 is 0 Å². The molecular weight excluding hydrogens is 528 g/mol. The Labute approximate surface area is 247 Å². The van der Waals surface area contributed by atoms with Crippen molar-refractivity contribution in [1.29, 1.82) is 0 Å². The van der Waals surface area contributed by atoms with Gasteiger partial charge >= 0.3 is 0 Å². The molecule has 0 bridgehead atoms. The Morgan fingerprint density at radius 3 is 2.46 bits per heavy atom. The molecule has 5 aromatic rings. The lowest BCUT2D eigenvalue weighted by atomic mass is 9.98. The van der Waals surface area contributed by atoms with Crippen LogP contribution < -0.4 is 11.1 Å². The molecule has 0 amide bonds. The van der Waals surface area contributed by atoms with Gasteiger partial charge in [0.2, 0.25) is 0 Å². The molecule has 216 valence electrons. The summed E-state index contributed by atoms with van der Waals surface area (Å²) < 4.78 is 3.77. The van der Waals surface area contributed by atoms with E-state index in [-0.39, 0.29) is 0 Å². The molecule has 0 radical (unpaired) electrons. The monoisotopic (exact) mass is 570 g/mol. The van der Waals surface area contributed by atoms with E-state index < -0.39 is 0 Å². The summed E-state index contributed by atoms with van der Waals surface area (Å²) in [5.74, 6) is 0.435. The summed E-state index contributed by atoms with van der Waals surface area (Å²) in [7, 11) is 1.96. The van der Waals surface area contributed by atoms with Gasteiger partial charge in [-0.15, -0.1) is 11.3 Å². The molecule has 9 heteroatoms. The molecule has 1 aromatic carbocycles. The van der Waals surface area contributed by atoms with Crippen molar-refractivity contribution < 1.29 is 0 Å². The van der Waals surface area contributed by atoms with Gasteiger partial charge in [0, 0.05) is 22.7 Å². The Bertz CT molecular complexity index is 1530. The number of rotatable bonds is 8. The number of allylic oxidation sites excluding steroid dienone is 3. The topological polar surface area (TPSA) is 99.0 Å². The Morgan fingerprint density at radius 1 is 1.10 bits per heavy atom. The Hall–Kier alpha value is -4.08. The first-order valence-electron chi connectivity index (χ1n) is 14.0. The van der Waals surface area contributed by atoms with Gasteiger partial charge in [0.15, 0.2) is 5.82 Å². The summed E-state index contributed by atoms with van der Waals surface area (Å²) in [5.41, 5.74) is 16.0. The van der Waals surface area contributed by atoms with Crippen molar-refractivity contribution >= 4 is 34.3 Å². The van der Waals surface area contributed by atoms with Crippen molar-refractivity contribution in [3.63, 3.8) is 0 Å². The maximum absolute atomic E-state index is 6.30. The number of nitrogens with two attached hydrogens (primary N) is 1. The highest BCUT2D eigenvalue weighted by Gasteiger charge is 2.19. The highest BCUT2D eigenvalue weighted by molar-refractivity contribution is 7.07. The molecule has 0 saturated carbocycles. The fourth-order valence-electron chi connectivity index (χ4n) is 4.28. The second-order valence-corrected chi connectivity index (χ2v) is 10.2.